The monoisotopic (exact) mass is 261 g/mol. The Hall–Kier alpha value is -2.32. The van der Waals surface area contributed by atoms with Crippen molar-refractivity contribution in [1.82, 2.24) is 16.0 Å². The van der Waals surface area contributed by atoms with Crippen LogP contribution in [0.15, 0.2) is 0 Å². The number of carboxylic acid groups (broad SMARTS) is 1. The van der Waals surface area contributed by atoms with Crippen LogP contribution in [0.4, 0.5) is 4.79 Å². The Balaban J connectivity index is 3.86. The SMILES string of the molecule is COC(=O)C(C)NC(=O)NCC(=O)NCC(=O)O. The highest BCUT2D eigenvalue weighted by atomic mass is 16.5. The van der Waals surface area contributed by atoms with E-state index in [1.54, 1.807) is 0 Å². The number of nitrogens with one attached hydrogen (secondary N) is 3. The summed E-state index contributed by atoms with van der Waals surface area (Å²) in [7, 11) is 1.18. The Bertz CT molecular complexity index is 343. The van der Waals surface area contributed by atoms with Gasteiger partial charge in [0.05, 0.1) is 13.7 Å². The van der Waals surface area contributed by atoms with Gasteiger partial charge in [-0.05, 0) is 6.92 Å². The average molecular weight is 261 g/mol. The first-order valence-electron chi connectivity index (χ1n) is 4.97. The minimum atomic E-state index is -1.19. The molecule has 0 aliphatic rings. The number of ether oxygens (including phenoxy) is 1. The van der Waals surface area contributed by atoms with Crippen molar-refractivity contribution in [2.75, 3.05) is 20.2 Å². The Morgan fingerprint density at radius 2 is 1.78 bits per heavy atom. The van der Waals surface area contributed by atoms with E-state index in [0.717, 1.165) is 0 Å². The first-order valence-corrected chi connectivity index (χ1v) is 4.97. The van der Waals surface area contributed by atoms with Crippen molar-refractivity contribution in [3.8, 4) is 0 Å². The van der Waals surface area contributed by atoms with Crippen molar-refractivity contribution in [2.45, 2.75) is 13.0 Å². The molecule has 0 aliphatic carbocycles. The van der Waals surface area contributed by atoms with Crippen LogP contribution in [0.1, 0.15) is 6.92 Å². The fraction of sp³-hybridized carbons (Fsp3) is 0.556. The number of esters is 1. The molecule has 9 nitrogen and oxygen atoms in total. The third-order valence-electron chi connectivity index (χ3n) is 1.75. The highest BCUT2D eigenvalue weighted by Gasteiger charge is 2.15. The van der Waals surface area contributed by atoms with Gasteiger partial charge < -0.3 is 25.8 Å². The lowest BCUT2D eigenvalue weighted by Gasteiger charge is -2.12. The average Bonchev–Trinajstić information content (AvgIpc) is 2.32. The zero-order chi connectivity index (χ0) is 14.1. The lowest BCUT2D eigenvalue weighted by atomic mass is 10.3. The third kappa shape index (κ3) is 7.04. The van der Waals surface area contributed by atoms with Crippen LogP contribution in [0.3, 0.4) is 0 Å². The largest absolute Gasteiger partial charge is 0.480 e. The van der Waals surface area contributed by atoms with Crippen LogP contribution in [0.5, 0.6) is 0 Å². The summed E-state index contributed by atoms with van der Waals surface area (Å²) in [6.45, 7) is 0.490. The van der Waals surface area contributed by atoms with Gasteiger partial charge in [0.1, 0.15) is 12.6 Å². The molecule has 0 fully saturated rings. The molecular formula is C9H15N3O6. The van der Waals surface area contributed by atoms with Crippen LogP contribution in [-0.4, -0.2) is 55.2 Å². The number of carboxylic acids is 1. The van der Waals surface area contributed by atoms with E-state index in [0.29, 0.717) is 0 Å². The summed E-state index contributed by atoms with van der Waals surface area (Å²) in [6.07, 6.45) is 0. The molecule has 0 saturated carbocycles. The molecule has 0 aliphatic heterocycles. The highest BCUT2D eigenvalue weighted by molar-refractivity contribution is 5.88. The van der Waals surface area contributed by atoms with Gasteiger partial charge in [-0.25, -0.2) is 9.59 Å². The van der Waals surface area contributed by atoms with Crippen LogP contribution < -0.4 is 16.0 Å². The standard InChI is InChI=1S/C9H15N3O6/c1-5(8(16)18-2)12-9(17)11-3-6(13)10-4-7(14)15/h5H,3-4H2,1-2H3,(H,10,13)(H,14,15)(H2,11,12,17). The van der Waals surface area contributed by atoms with Crippen LogP contribution >= 0.6 is 0 Å². The minimum absolute atomic E-state index is 0.396. The highest BCUT2D eigenvalue weighted by Crippen LogP contribution is 1.84. The number of aliphatic carboxylic acids is 1. The molecule has 0 aromatic heterocycles. The Kier molecular flexibility index (Phi) is 6.86. The molecule has 9 heteroatoms. The molecule has 1 unspecified atom stereocenters. The van der Waals surface area contributed by atoms with E-state index in [1.165, 1.54) is 14.0 Å². The van der Waals surface area contributed by atoms with E-state index in [-0.39, 0.29) is 0 Å². The second-order valence-electron chi connectivity index (χ2n) is 3.24. The molecule has 3 amide bonds. The molecule has 0 spiro atoms. The number of hydrogen-bond acceptors (Lipinski definition) is 5. The third-order valence-corrected chi connectivity index (χ3v) is 1.75. The van der Waals surface area contributed by atoms with Gasteiger partial charge in [0.2, 0.25) is 5.91 Å². The van der Waals surface area contributed by atoms with E-state index in [9.17, 15) is 19.2 Å². The fourth-order valence-electron chi connectivity index (χ4n) is 0.881. The summed E-state index contributed by atoms with van der Waals surface area (Å²) >= 11 is 0. The van der Waals surface area contributed by atoms with E-state index in [4.69, 9.17) is 5.11 Å². The molecule has 4 N–H and O–H groups in total. The number of urea groups is 1. The van der Waals surface area contributed by atoms with Gasteiger partial charge in [-0.2, -0.15) is 0 Å². The smallest absolute Gasteiger partial charge is 0.328 e. The molecule has 0 aromatic carbocycles. The number of hydrogen-bond donors (Lipinski definition) is 4. The normalized spacial score (nSPS) is 11.0. The summed E-state index contributed by atoms with van der Waals surface area (Å²) in [5.41, 5.74) is 0. The molecule has 0 bridgehead atoms. The van der Waals surface area contributed by atoms with Crippen molar-refractivity contribution in [1.29, 1.82) is 0 Å². The first kappa shape index (κ1) is 15.7. The molecule has 0 aromatic rings. The second-order valence-corrected chi connectivity index (χ2v) is 3.24. The summed E-state index contributed by atoms with van der Waals surface area (Å²) in [4.78, 5) is 43.3. The number of rotatable bonds is 6. The minimum Gasteiger partial charge on any atom is -0.480 e. The number of carbonyl (C=O) groups is 4. The molecule has 18 heavy (non-hydrogen) atoms. The second kappa shape index (κ2) is 7.87. The Morgan fingerprint density at radius 3 is 2.28 bits per heavy atom. The number of carbonyl (C=O) groups excluding carboxylic acids is 3. The van der Waals surface area contributed by atoms with E-state index in [2.05, 4.69) is 20.7 Å². The number of amides is 3. The summed E-state index contributed by atoms with van der Waals surface area (Å²) in [5, 5.41) is 14.7. The zero-order valence-corrected chi connectivity index (χ0v) is 9.98. The van der Waals surface area contributed by atoms with Crippen molar-refractivity contribution in [3.05, 3.63) is 0 Å². The molecule has 0 radical (unpaired) electrons. The Morgan fingerprint density at radius 1 is 1.17 bits per heavy atom. The lowest BCUT2D eigenvalue weighted by molar-refractivity contribution is -0.142. The zero-order valence-electron chi connectivity index (χ0n) is 9.98. The maximum atomic E-state index is 11.2. The van der Waals surface area contributed by atoms with Crippen molar-refractivity contribution in [2.24, 2.45) is 0 Å². The summed E-state index contributed by atoms with van der Waals surface area (Å²) in [6, 6.07) is -1.59. The molecule has 102 valence electrons. The fourth-order valence-corrected chi connectivity index (χ4v) is 0.881. The van der Waals surface area contributed by atoms with Crippen LogP contribution in [0.2, 0.25) is 0 Å². The van der Waals surface area contributed by atoms with Gasteiger partial charge in [-0.15, -0.1) is 0 Å². The van der Waals surface area contributed by atoms with E-state index >= 15 is 0 Å². The van der Waals surface area contributed by atoms with Gasteiger partial charge in [0.25, 0.3) is 0 Å². The lowest BCUT2D eigenvalue weighted by Crippen LogP contribution is -2.47. The maximum absolute atomic E-state index is 11.2. The van der Waals surface area contributed by atoms with Gasteiger partial charge in [-0.1, -0.05) is 0 Å². The van der Waals surface area contributed by atoms with Crippen molar-refractivity contribution in [3.63, 3.8) is 0 Å². The van der Waals surface area contributed by atoms with Crippen molar-refractivity contribution < 1.29 is 29.0 Å². The quantitative estimate of drug-likeness (QED) is 0.410. The summed E-state index contributed by atoms with van der Waals surface area (Å²) in [5.74, 6) is -2.47. The van der Waals surface area contributed by atoms with Crippen molar-refractivity contribution >= 4 is 23.9 Å². The molecular weight excluding hydrogens is 246 g/mol. The van der Waals surface area contributed by atoms with Gasteiger partial charge in [-0.3, -0.25) is 9.59 Å². The number of methoxy groups -OCH3 is 1. The topological polar surface area (TPSA) is 134 Å². The van der Waals surface area contributed by atoms with E-state index < -0.39 is 43.0 Å². The molecule has 1 atom stereocenters. The molecule has 0 saturated heterocycles. The van der Waals surface area contributed by atoms with Crippen LogP contribution in [0.25, 0.3) is 0 Å². The summed E-state index contributed by atoms with van der Waals surface area (Å²) < 4.78 is 4.38. The maximum Gasteiger partial charge on any atom is 0.328 e. The van der Waals surface area contributed by atoms with E-state index in [1.807, 2.05) is 0 Å². The first-order chi connectivity index (χ1) is 8.36. The molecule has 0 heterocycles. The van der Waals surface area contributed by atoms with Crippen LogP contribution in [0, 0.1) is 0 Å². The van der Waals surface area contributed by atoms with Crippen LogP contribution in [-0.2, 0) is 19.1 Å². The van der Waals surface area contributed by atoms with Gasteiger partial charge in [0, 0.05) is 0 Å². The predicted molar refractivity (Wildman–Crippen MR) is 58.7 cm³/mol. The predicted octanol–water partition coefficient (Wildman–Crippen LogP) is -1.95. The Labute approximate surface area is 103 Å². The molecule has 0 rings (SSSR count). The van der Waals surface area contributed by atoms with Gasteiger partial charge in [0.15, 0.2) is 0 Å². The van der Waals surface area contributed by atoms with Gasteiger partial charge >= 0.3 is 18.0 Å².